The SMILES string of the molecule is COc1ccc(CN2C[C@@H]3OCCN(CCN(C)C)[C@@H]3C2)cc1. The van der Waals surface area contributed by atoms with Crippen LogP contribution in [0.3, 0.4) is 0 Å². The minimum atomic E-state index is 0.365. The normalized spacial score (nSPS) is 25.7. The van der Waals surface area contributed by atoms with E-state index in [0.717, 1.165) is 51.6 Å². The van der Waals surface area contributed by atoms with Gasteiger partial charge in [0, 0.05) is 45.3 Å². The van der Waals surface area contributed by atoms with E-state index in [2.05, 4.69) is 40.9 Å². The van der Waals surface area contributed by atoms with Crippen LogP contribution in [0.15, 0.2) is 24.3 Å². The van der Waals surface area contributed by atoms with Crippen molar-refractivity contribution in [3.05, 3.63) is 29.8 Å². The Morgan fingerprint density at radius 2 is 2.00 bits per heavy atom. The van der Waals surface area contributed by atoms with Crippen LogP contribution in [0.1, 0.15) is 5.56 Å². The van der Waals surface area contributed by atoms with Crippen molar-refractivity contribution in [2.45, 2.75) is 18.7 Å². The molecule has 0 amide bonds. The molecule has 3 rings (SSSR count). The molecule has 2 aliphatic rings. The average molecular weight is 319 g/mol. The zero-order chi connectivity index (χ0) is 16.2. The third-order valence-corrected chi connectivity index (χ3v) is 4.89. The van der Waals surface area contributed by atoms with E-state index in [1.165, 1.54) is 5.56 Å². The quantitative estimate of drug-likeness (QED) is 0.784. The van der Waals surface area contributed by atoms with Gasteiger partial charge in [0.2, 0.25) is 0 Å². The Balaban J connectivity index is 1.57. The van der Waals surface area contributed by atoms with Crippen LogP contribution >= 0.6 is 0 Å². The minimum absolute atomic E-state index is 0.365. The summed E-state index contributed by atoms with van der Waals surface area (Å²) in [6.07, 6.45) is 0.365. The van der Waals surface area contributed by atoms with Gasteiger partial charge in [0.1, 0.15) is 5.75 Å². The predicted octanol–water partition coefficient (Wildman–Crippen LogP) is 1.14. The summed E-state index contributed by atoms with van der Waals surface area (Å²) in [5.41, 5.74) is 1.34. The van der Waals surface area contributed by atoms with Crippen LogP contribution in [-0.4, -0.2) is 87.4 Å². The number of fused-ring (bicyclic) bond motifs is 1. The van der Waals surface area contributed by atoms with Gasteiger partial charge in [-0.25, -0.2) is 0 Å². The summed E-state index contributed by atoms with van der Waals surface area (Å²) < 4.78 is 11.3. The first-order valence-electron chi connectivity index (χ1n) is 8.51. The molecule has 1 aromatic rings. The average Bonchev–Trinajstić information content (AvgIpc) is 2.96. The van der Waals surface area contributed by atoms with Crippen molar-refractivity contribution >= 4 is 0 Å². The zero-order valence-electron chi connectivity index (χ0n) is 14.6. The largest absolute Gasteiger partial charge is 0.497 e. The third-order valence-electron chi connectivity index (χ3n) is 4.89. The molecule has 1 aromatic carbocycles. The van der Waals surface area contributed by atoms with Gasteiger partial charge in [-0.2, -0.15) is 0 Å². The molecule has 0 bridgehead atoms. The predicted molar refractivity (Wildman–Crippen MR) is 91.9 cm³/mol. The first kappa shape index (κ1) is 16.7. The molecule has 2 fully saturated rings. The summed E-state index contributed by atoms with van der Waals surface area (Å²) >= 11 is 0. The van der Waals surface area contributed by atoms with Gasteiger partial charge in [-0.15, -0.1) is 0 Å². The van der Waals surface area contributed by atoms with Crippen molar-refractivity contribution in [1.29, 1.82) is 0 Å². The van der Waals surface area contributed by atoms with Gasteiger partial charge in [0.15, 0.2) is 0 Å². The fourth-order valence-corrected chi connectivity index (χ4v) is 3.56. The summed E-state index contributed by atoms with van der Waals surface area (Å²) in [4.78, 5) is 7.39. The molecule has 5 heteroatoms. The maximum atomic E-state index is 6.03. The second-order valence-electron chi connectivity index (χ2n) is 6.86. The molecule has 0 spiro atoms. The molecule has 2 aliphatic heterocycles. The Kier molecular flexibility index (Phi) is 5.54. The first-order valence-corrected chi connectivity index (χ1v) is 8.51. The Labute approximate surface area is 139 Å². The lowest BCUT2D eigenvalue weighted by Crippen LogP contribution is -2.52. The van der Waals surface area contributed by atoms with Crippen LogP contribution in [0.2, 0.25) is 0 Å². The van der Waals surface area contributed by atoms with Crippen LogP contribution in [-0.2, 0) is 11.3 Å². The number of methoxy groups -OCH3 is 1. The number of ether oxygens (including phenoxy) is 2. The summed E-state index contributed by atoms with van der Waals surface area (Å²) in [6.45, 7) is 7.30. The fourth-order valence-electron chi connectivity index (χ4n) is 3.56. The first-order chi connectivity index (χ1) is 11.2. The van der Waals surface area contributed by atoms with E-state index >= 15 is 0 Å². The highest BCUT2D eigenvalue weighted by atomic mass is 16.5. The minimum Gasteiger partial charge on any atom is -0.497 e. The van der Waals surface area contributed by atoms with E-state index in [0.29, 0.717) is 12.1 Å². The van der Waals surface area contributed by atoms with Crippen LogP contribution in [0.4, 0.5) is 0 Å². The highest BCUT2D eigenvalue weighted by molar-refractivity contribution is 5.27. The Bertz CT molecular complexity index is 492. The third kappa shape index (κ3) is 4.23. The molecule has 128 valence electrons. The summed E-state index contributed by atoms with van der Waals surface area (Å²) in [5, 5.41) is 0. The Hall–Kier alpha value is -1.14. The van der Waals surface area contributed by atoms with Crippen molar-refractivity contribution in [2.75, 3.05) is 60.5 Å². The molecule has 23 heavy (non-hydrogen) atoms. The van der Waals surface area contributed by atoms with E-state index in [9.17, 15) is 0 Å². The molecule has 2 heterocycles. The number of morpholine rings is 1. The van der Waals surface area contributed by atoms with Crippen molar-refractivity contribution in [2.24, 2.45) is 0 Å². The molecular weight excluding hydrogens is 290 g/mol. The van der Waals surface area contributed by atoms with E-state index < -0.39 is 0 Å². The highest BCUT2D eigenvalue weighted by Crippen LogP contribution is 2.24. The van der Waals surface area contributed by atoms with Crippen LogP contribution in [0.25, 0.3) is 0 Å². The fraction of sp³-hybridized carbons (Fsp3) is 0.667. The molecule has 2 atom stereocenters. The van der Waals surface area contributed by atoms with E-state index in [-0.39, 0.29) is 0 Å². The van der Waals surface area contributed by atoms with Gasteiger partial charge in [-0.3, -0.25) is 9.80 Å². The van der Waals surface area contributed by atoms with E-state index in [1.54, 1.807) is 7.11 Å². The van der Waals surface area contributed by atoms with Gasteiger partial charge in [0.05, 0.1) is 19.8 Å². The smallest absolute Gasteiger partial charge is 0.118 e. The molecule has 0 aliphatic carbocycles. The van der Waals surface area contributed by atoms with Gasteiger partial charge >= 0.3 is 0 Å². The topological polar surface area (TPSA) is 28.2 Å². The number of hydrogen-bond acceptors (Lipinski definition) is 5. The van der Waals surface area contributed by atoms with E-state index in [1.807, 2.05) is 12.1 Å². The van der Waals surface area contributed by atoms with Crippen molar-refractivity contribution in [3.8, 4) is 5.75 Å². The van der Waals surface area contributed by atoms with E-state index in [4.69, 9.17) is 9.47 Å². The standard InChI is InChI=1S/C18H29N3O2/c1-19(2)8-9-21-10-11-23-18-14-20(13-17(18)21)12-15-4-6-16(22-3)7-5-15/h4-7,17-18H,8-14H2,1-3H3/t17-,18+/m1/s1. The zero-order valence-corrected chi connectivity index (χ0v) is 14.6. The highest BCUT2D eigenvalue weighted by Gasteiger charge is 2.39. The second kappa shape index (κ2) is 7.62. The van der Waals surface area contributed by atoms with Crippen molar-refractivity contribution in [3.63, 3.8) is 0 Å². The number of rotatable bonds is 6. The molecular formula is C18H29N3O2. The van der Waals surface area contributed by atoms with Gasteiger partial charge in [-0.1, -0.05) is 12.1 Å². The number of nitrogens with zero attached hydrogens (tertiary/aromatic N) is 3. The molecule has 0 aromatic heterocycles. The maximum absolute atomic E-state index is 6.03. The Morgan fingerprint density at radius 3 is 2.70 bits per heavy atom. The molecule has 5 nitrogen and oxygen atoms in total. The molecule has 0 N–H and O–H groups in total. The summed E-state index contributed by atoms with van der Waals surface area (Å²) in [5.74, 6) is 0.919. The van der Waals surface area contributed by atoms with Crippen LogP contribution in [0, 0.1) is 0 Å². The Morgan fingerprint density at radius 1 is 1.22 bits per heavy atom. The lowest BCUT2D eigenvalue weighted by molar-refractivity contribution is -0.0483. The van der Waals surface area contributed by atoms with Gasteiger partial charge in [-0.05, 0) is 31.8 Å². The number of hydrogen-bond donors (Lipinski definition) is 0. The van der Waals surface area contributed by atoms with Gasteiger partial charge < -0.3 is 14.4 Å². The summed E-state index contributed by atoms with van der Waals surface area (Å²) in [6, 6.07) is 8.94. The molecule has 0 unspecified atom stereocenters. The number of likely N-dealkylation sites (N-methyl/N-ethyl adjacent to an activating group) is 1. The number of likely N-dealkylation sites (tertiary alicyclic amines) is 1. The molecule has 2 saturated heterocycles. The lowest BCUT2D eigenvalue weighted by Gasteiger charge is -2.37. The summed E-state index contributed by atoms with van der Waals surface area (Å²) in [7, 11) is 5.99. The van der Waals surface area contributed by atoms with Crippen molar-refractivity contribution < 1.29 is 9.47 Å². The number of benzene rings is 1. The molecule has 0 saturated carbocycles. The molecule has 0 radical (unpaired) electrons. The second-order valence-corrected chi connectivity index (χ2v) is 6.86. The van der Waals surface area contributed by atoms with Gasteiger partial charge in [0.25, 0.3) is 0 Å². The van der Waals surface area contributed by atoms with Crippen molar-refractivity contribution in [1.82, 2.24) is 14.7 Å². The van der Waals surface area contributed by atoms with Crippen LogP contribution < -0.4 is 4.74 Å². The van der Waals surface area contributed by atoms with Crippen LogP contribution in [0.5, 0.6) is 5.75 Å². The monoisotopic (exact) mass is 319 g/mol. The lowest BCUT2D eigenvalue weighted by atomic mass is 10.1. The maximum Gasteiger partial charge on any atom is 0.118 e.